The van der Waals surface area contributed by atoms with Gasteiger partial charge in [0.05, 0.1) is 0 Å². The SMILES string of the molecule is CCC(=O)c1cccc2[nH]c(CC(O)(CC(C)(C)c3cc(F)ccc3O)C(F)(F)F)cc12. The van der Waals surface area contributed by atoms with E-state index in [0.717, 1.165) is 18.2 Å². The molecule has 1 unspecified atom stereocenters. The molecule has 0 amide bonds. The number of rotatable bonds is 7. The Balaban J connectivity index is 2.02. The first-order valence-corrected chi connectivity index (χ1v) is 10.2. The summed E-state index contributed by atoms with van der Waals surface area (Å²) < 4.78 is 55.9. The number of nitrogens with one attached hydrogen (secondary N) is 1. The maximum absolute atomic E-state index is 14.1. The minimum atomic E-state index is -5.01. The molecule has 0 saturated heterocycles. The molecule has 1 aromatic heterocycles. The van der Waals surface area contributed by atoms with Crippen molar-refractivity contribution < 1.29 is 32.6 Å². The summed E-state index contributed by atoms with van der Waals surface area (Å²) in [5.41, 5.74) is -3.63. The van der Waals surface area contributed by atoms with Crippen LogP contribution in [0.3, 0.4) is 0 Å². The number of halogens is 4. The number of aliphatic hydroxyl groups is 1. The highest BCUT2D eigenvalue weighted by Crippen LogP contribution is 2.45. The molecule has 0 aliphatic carbocycles. The summed E-state index contributed by atoms with van der Waals surface area (Å²) in [6, 6.07) is 9.38. The lowest BCUT2D eigenvalue weighted by molar-refractivity contribution is -0.266. The Morgan fingerprint density at radius 1 is 1.09 bits per heavy atom. The number of phenolic OH excluding ortho intramolecular Hbond substituents is 1. The number of phenols is 1. The molecule has 2 aromatic carbocycles. The van der Waals surface area contributed by atoms with Gasteiger partial charge in [-0.05, 0) is 42.2 Å². The summed E-state index contributed by atoms with van der Waals surface area (Å²) >= 11 is 0. The molecule has 3 N–H and O–H groups in total. The zero-order chi connectivity index (χ0) is 23.9. The molecule has 0 bridgehead atoms. The molecule has 3 rings (SSSR count). The fourth-order valence-corrected chi connectivity index (χ4v) is 4.20. The zero-order valence-electron chi connectivity index (χ0n) is 18.0. The van der Waals surface area contributed by atoms with Crippen LogP contribution in [0.15, 0.2) is 42.5 Å². The molecule has 8 heteroatoms. The first-order chi connectivity index (χ1) is 14.8. The molecule has 1 heterocycles. The molecule has 4 nitrogen and oxygen atoms in total. The number of fused-ring (bicyclic) bond motifs is 1. The highest BCUT2D eigenvalue weighted by Gasteiger charge is 2.56. The van der Waals surface area contributed by atoms with Crippen molar-refractivity contribution in [2.45, 2.75) is 57.2 Å². The Hall–Kier alpha value is -2.87. The number of carbonyl (C=O) groups excluding carboxylic acids is 1. The maximum Gasteiger partial charge on any atom is 0.417 e. The van der Waals surface area contributed by atoms with E-state index in [4.69, 9.17) is 0 Å². The van der Waals surface area contributed by atoms with Gasteiger partial charge in [0.2, 0.25) is 0 Å². The summed E-state index contributed by atoms with van der Waals surface area (Å²) in [5.74, 6) is -1.20. The molecular formula is C24H25F4NO3. The molecule has 3 aromatic rings. The highest BCUT2D eigenvalue weighted by molar-refractivity contribution is 6.07. The third-order valence-electron chi connectivity index (χ3n) is 5.77. The molecule has 172 valence electrons. The molecule has 0 aliphatic heterocycles. The van der Waals surface area contributed by atoms with Crippen LogP contribution in [0, 0.1) is 5.82 Å². The number of aromatic amines is 1. The second kappa shape index (κ2) is 8.24. The van der Waals surface area contributed by atoms with Gasteiger partial charge in [-0.3, -0.25) is 4.79 Å². The molecule has 1 atom stereocenters. The fraction of sp³-hybridized carbons (Fsp3) is 0.375. The van der Waals surface area contributed by atoms with Gasteiger partial charge < -0.3 is 15.2 Å². The van der Waals surface area contributed by atoms with Crippen molar-refractivity contribution in [3.63, 3.8) is 0 Å². The van der Waals surface area contributed by atoms with E-state index in [1.54, 1.807) is 25.1 Å². The van der Waals surface area contributed by atoms with Gasteiger partial charge in [-0.1, -0.05) is 32.9 Å². The van der Waals surface area contributed by atoms with Crippen LogP contribution in [0.2, 0.25) is 0 Å². The number of ketones is 1. The molecule has 32 heavy (non-hydrogen) atoms. The van der Waals surface area contributed by atoms with Crippen molar-refractivity contribution in [1.29, 1.82) is 0 Å². The van der Waals surface area contributed by atoms with E-state index >= 15 is 0 Å². The standard InChI is InChI=1S/C24H25F4NO3/c1-4-20(30)16-6-5-7-19-17(16)11-15(29-19)12-23(32,24(26,27)28)13-22(2,3)18-10-14(25)8-9-21(18)31/h5-11,29,31-32H,4,12-13H2,1-3H3. The van der Waals surface area contributed by atoms with Crippen molar-refractivity contribution in [2.24, 2.45) is 0 Å². The predicted octanol–water partition coefficient (Wildman–Crippen LogP) is 5.81. The minimum absolute atomic E-state index is 0.0346. The average molecular weight is 451 g/mol. The molecule has 0 spiro atoms. The Kier molecular flexibility index (Phi) is 6.12. The number of aromatic hydroxyl groups is 1. The van der Waals surface area contributed by atoms with Crippen LogP contribution in [0.4, 0.5) is 17.6 Å². The van der Waals surface area contributed by atoms with Gasteiger partial charge in [0.25, 0.3) is 0 Å². The van der Waals surface area contributed by atoms with Crippen LogP contribution in [0.1, 0.15) is 55.2 Å². The van der Waals surface area contributed by atoms with Crippen LogP contribution in [-0.2, 0) is 11.8 Å². The van der Waals surface area contributed by atoms with E-state index in [-0.39, 0.29) is 29.2 Å². The first-order valence-electron chi connectivity index (χ1n) is 10.2. The normalized spacial score (nSPS) is 14.5. The summed E-state index contributed by atoms with van der Waals surface area (Å²) in [6.45, 7) is 4.50. The van der Waals surface area contributed by atoms with E-state index in [9.17, 15) is 32.6 Å². The van der Waals surface area contributed by atoms with Gasteiger partial charge in [0, 0.05) is 40.6 Å². The lowest BCUT2D eigenvalue weighted by Gasteiger charge is -2.38. The molecule has 0 fully saturated rings. The van der Waals surface area contributed by atoms with E-state index in [1.807, 2.05) is 0 Å². The third-order valence-corrected chi connectivity index (χ3v) is 5.77. The Labute approximate surface area is 182 Å². The Morgan fingerprint density at radius 3 is 2.41 bits per heavy atom. The highest BCUT2D eigenvalue weighted by atomic mass is 19.4. The number of H-pyrrole nitrogens is 1. The summed E-state index contributed by atoms with van der Waals surface area (Å²) in [7, 11) is 0. The summed E-state index contributed by atoms with van der Waals surface area (Å²) in [6.07, 6.45) is -6.38. The second-order valence-electron chi connectivity index (χ2n) is 8.77. The van der Waals surface area contributed by atoms with E-state index in [0.29, 0.717) is 16.5 Å². The average Bonchev–Trinajstić information content (AvgIpc) is 3.09. The quantitative estimate of drug-likeness (QED) is 0.314. The summed E-state index contributed by atoms with van der Waals surface area (Å²) in [5, 5.41) is 21.4. The van der Waals surface area contributed by atoms with E-state index in [1.165, 1.54) is 19.9 Å². The number of benzene rings is 2. The second-order valence-corrected chi connectivity index (χ2v) is 8.77. The van der Waals surface area contributed by atoms with Crippen LogP contribution in [-0.4, -0.2) is 32.8 Å². The Morgan fingerprint density at radius 2 is 1.78 bits per heavy atom. The van der Waals surface area contributed by atoms with Crippen LogP contribution in [0.25, 0.3) is 10.9 Å². The van der Waals surface area contributed by atoms with Gasteiger partial charge >= 0.3 is 6.18 Å². The zero-order valence-corrected chi connectivity index (χ0v) is 18.0. The lowest BCUT2D eigenvalue weighted by atomic mass is 9.73. The topological polar surface area (TPSA) is 73.3 Å². The maximum atomic E-state index is 14.1. The Bertz CT molecular complexity index is 1150. The van der Waals surface area contributed by atoms with E-state index < -0.39 is 35.9 Å². The molecule has 0 radical (unpaired) electrons. The third kappa shape index (κ3) is 4.50. The molecule has 0 saturated carbocycles. The smallest absolute Gasteiger partial charge is 0.417 e. The number of Topliss-reactive ketones (excluding diaryl/α,β-unsaturated/α-hetero) is 1. The number of hydrogen-bond donors (Lipinski definition) is 3. The van der Waals surface area contributed by atoms with Crippen molar-refractivity contribution in [2.75, 3.05) is 0 Å². The van der Waals surface area contributed by atoms with Gasteiger partial charge in [-0.2, -0.15) is 13.2 Å². The largest absolute Gasteiger partial charge is 0.508 e. The van der Waals surface area contributed by atoms with Crippen molar-refractivity contribution in [3.05, 3.63) is 65.1 Å². The van der Waals surface area contributed by atoms with Gasteiger partial charge in [0.1, 0.15) is 11.6 Å². The molecular weight excluding hydrogens is 426 g/mol. The van der Waals surface area contributed by atoms with Crippen molar-refractivity contribution >= 4 is 16.7 Å². The number of alkyl halides is 3. The van der Waals surface area contributed by atoms with Crippen LogP contribution in [0.5, 0.6) is 5.75 Å². The number of carbonyl (C=O) groups is 1. The first kappa shape index (κ1) is 23.8. The van der Waals surface area contributed by atoms with Crippen LogP contribution < -0.4 is 0 Å². The van der Waals surface area contributed by atoms with Gasteiger partial charge in [-0.25, -0.2) is 4.39 Å². The number of hydrogen-bond acceptors (Lipinski definition) is 3. The van der Waals surface area contributed by atoms with Crippen molar-refractivity contribution in [1.82, 2.24) is 4.98 Å². The fourth-order valence-electron chi connectivity index (χ4n) is 4.20. The molecule has 0 aliphatic rings. The van der Waals surface area contributed by atoms with Crippen LogP contribution >= 0.6 is 0 Å². The monoisotopic (exact) mass is 451 g/mol. The van der Waals surface area contributed by atoms with Gasteiger partial charge in [-0.15, -0.1) is 0 Å². The minimum Gasteiger partial charge on any atom is -0.508 e. The number of aromatic nitrogens is 1. The van der Waals surface area contributed by atoms with Crippen molar-refractivity contribution in [3.8, 4) is 5.75 Å². The predicted molar refractivity (Wildman–Crippen MR) is 113 cm³/mol. The lowest BCUT2D eigenvalue weighted by Crippen LogP contribution is -2.50. The van der Waals surface area contributed by atoms with Gasteiger partial charge in [0.15, 0.2) is 11.4 Å². The summed E-state index contributed by atoms with van der Waals surface area (Å²) in [4.78, 5) is 15.1. The van der Waals surface area contributed by atoms with E-state index in [2.05, 4.69) is 4.98 Å².